The third-order valence-corrected chi connectivity index (χ3v) is 3.54. The van der Waals surface area contributed by atoms with E-state index in [1.54, 1.807) is 4.57 Å². The van der Waals surface area contributed by atoms with E-state index in [1.807, 2.05) is 31.2 Å². The predicted molar refractivity (Wildman–Crippen MR) is 79.3 cm³/mol. The Hall–Kier alpha value is -1.98. The Morgan fingerprint density at radius 1 is 0.950 bits per heavy atom. The summed E-state index contributed by atoms with van der Waals surface area (Å²) in [6.45, 7) is 1.97. The number of benzene rings is 1. The molecule has 0 atom stereocenters. The van der Waals surface area contributed by atoms with E-state index in [0.717, 1.165) is 23.7 Å². The van der Waals surface area contributed by atoms with Gasteiger partial charge in [0.2, 0.25) is 0 Å². The monoisotopic (exact) mass is 311 g/mol. The number of rotatable bonds is 3. The fourth-order valence-corrected chi connectivity index (χ4v) is 2.54. The number of oxime groups is 2. The fraction of sp³-hybridized carbons (Fsp3) is 0.0769. The number of hydrogen-bond donors (Lipinski definition) is 2. The number of aryl methyl sites for hydroxylation is 1. The van der Waals surface area contributed by atoms with Gasteiger partial charge in [-0.1, -0.05) is 51.2 Å². The molecule has 2 aromatic rings. The van der Waals surface area contributed by atoms with Gasteiger partial charge in [-0.15, -0.1) is 0 Å². The predicted octanol–water partition coefficient (Wildman–Crippen LogP) is 3.71. The molecule has 5 nitrogen and oxygen atoms in total. The maximum absolute atomic E-state index is 8.70. The van der Waals surface area contributed by atoms with Crippen LogP contribution >= 0.6 is 23.2 Å². The van der Waals surface area contributed by atoms with E-state index < -0.39 is 0 Å². The van der Waals surface area contributed by atoms with Crippen molar-refractivity contribution in [1.29, 1.82) is 0 Å². The standard InChI is InChI=1S/C13H11Cl2N3O2/c1-8-2-4-9(5-3-8)18-12(14)10(6-16-19)11(7-17-20)13(18)15/h2-7,19-20H,1H3/b16-6+,17-7+. The molecule has 0 amide bonds. The van der Waals surface area contributed by atoms with Crippen molar-refractivity contribution >= 4 is 35.6 Å². The SMILES string of the molecule is Cc1ccc(-n2c(Cl)c(/C=N/O)c(/C=N/O)c2Cl)cc1. The summed E-state index contributed by atoms with van der Waals surface area (Å²) in [7, 11) is 0. The lowest BCUT2D eigenvalue weighted by molar-refractivity contribution is 0.321. The van der Waals surface area contributed by atoms with E-state index in [0.29, 0.717) is 11.1 Å². The number of halogens is 2. The molecule has 0 spiro atoms. The van der Waals surface area contributed by atoms with Gasteiger partial charge in [-0.2, -0.15) is 0 Å². The number of nitrogens with zero attached hydrogens (tertiary/aromatic N) is 3. The molecule has 0 aliphatic carbocycles. The Morgan fingerprint density at radius 3 is 1.80 bits per heavy atom. The highest BCUT2D eigenvalue weighted by Crippen LogP contribution is 2.32. The lowest BCUT2D eigenvalue weighted by Crippen LogP contribution is -1.94. The Morgan fingerprint density at radius 2 is 1.40 bits per heavy atom. The van der Waals surface area contributed by atoms with E-state index in [4.69, 9.17) is 33.6 Å². The van der Waals surface area contributed by atoms with Gasteiger partial charge >= 0.3 is 0 Å². The molecule has 2 rings (SSSR count). The summed E-state index contributed by atoms with van der Waals surface area (Å²) in [6, 6.07) is 7.54. The van der Waals surface area contributed by atoms with Crippen LogP contribution in [0.3, 0.4) is 0 Å². The van der Waals surface area contributed by atoms with Crippen molar-refractivity contribution in [2.45, 2.75) is 6.92 Å². The summed E-state index contributed by atoms with van der Waals surface area (Å²) < 4.78 is 1.57. The quantitative estimate of drug-likeness (QED) is 0.515. The maximum atomic E-state index is 8.70. The molecule has 0 unspecified atom stereocenters. The molecule has 0 saturated carbocycles. The second-order valence-corrected chi connectivity index (χ2v) is 4.79. The Bertz CT molecular complexity index is 640. The molecule has 104 valence electrons. The molecule has 0 saturated heterocycles. The molecular weight excluding hydrogens is 301 g/mol. The van der Waals surface area contributed by atoms with Crippen LogP contribution in [0.15, 0.2) is 34.6 Å². The van der Waals surface area contributed by atoms with Crippen LogP contribution < -0.4 is 0 Å². The van der Waals surface area contributed by atoms with Gasteiger partial charge in [-0.3, -0.25) is 4.57 Å². The molecule has 0 bridgehead atoms. The third-order valence-electron chi connectivity index (χ3n) is 2.79. The number of hydrogen-bond acceptors (Lipinski definition) is 4. The highest BCUT2D eigenvalue weighted by molar-refractivity contribution is 6.38. The number of aromatic nitrogens is 1. The molecule has 1 heterocycles. The Labute approximate surface area is 125 Å². The van der Waals surface area contributed by atoms with Crippen LogP contribution in [0, 0.1) is 6.92 Å². The lowest BCUT2D eigenvalue weighted by atomic mass is 10.2. The van der Waals surface area contributed by atoms with Crippen LogP contribution in [0.1, 0.15) is 16.7 Å². The summed E-state index contributed by atoms with van der Waals surface area (Å²) in [6.07, 6.45) is 2.27. The molecular formula is C13H11Cl2N3O2. The van der Waals surface area contributed by atoms with E-state index in [2.05, 4.69) is 10.3 Å². The van der Waals surface area contributed by atoms with Gasteiger partial charge in [0.05, 0.1) is 12.4 Å². The molecule has 1 aromatic carbocycles. The maximum Gasteiger partial charge on any atom is 0.124 e. The second-order valence-electron chi connectivity index (χ2n) is 4.07. The Kier molecular flexibility index (Phi) is 4.32. The zero-order valence-electron chi connectivity index (χ0n) is 10.5. The zero-order chi connectivity index (χ0) is 14.7. The minimum absolute atomic E-state index is 0.256. The first-order chi connectivity index (χ1) is 9.60. The minimum atomic E-state index is 0.256. The largest absolute Gasteiger partial charge is 0.411 e. The molecule has 2 N–H and O–H groups in total. The van der Waals surface area contributed by atoms with Crippen molar-refractivity contribution in [2.75, 3.05) is 0 Å². The molecule has 20 heavy (non-hydrogen) atoms. The van der Waals surface area contributed by atoms with Crippen LogP contribution in [0.2, 0.25) is 10.3 Å². The average Bonchev–Trinajstić information content (AvgIpc) is 2.65. The van der Waals surface area contributed by atoms with Crippen molar-refractivity contribution in [2.24, 2.45) is 10.3 Å². The van der Waals surface area contributed by atoms with E-state index >= 15 is 0 Å². The minimum Gasteiger partial charge on any atom is -0.411 e. The first-order valence-electron chi connectivity index (χ1n) is 5.61. The van der Waals surface area contributed by atoms with Crippen molar-refractivity contribution in [3.63, 3.8) is 0 Å². The van der Waals surface area contributed by atoms with Crippen LogP contribution in [-0.2, 0) is 0 Å². The summed E-state index contributed by atoms with van der Waals surface area (Å²) >= 11 is 12.5. The van der Waals surface area contributed by atoms with Gasteiger partial charge in [-0.25, -0.2) is 0 Å². The van der Waals surface area contributed by atoms with Crippen LogP contribution in [-0.4, -0.2) is 27.4 Å². The molecule has 0 aliphatic heterocycles. The van der Waals surface area contributed by atoms with Crippen molar-refractivity contribution in [1.82, 2.24) is 4.57 Å². The smallest absolute Gasteiger partial charge is 0.124 e. The molecule has 1 aromatic heterocycles. The van der Waals surface area contributed by atoms with Gasteiger partial charge in [0.1, 0.15) is 10.3 Å². The highest BCUT2D eigenvalue weighted by Gasteiger charge is 2.19. The highest BCUT2D eigenvalue weighted by atomic mass is 35.5. The fourth-order valence-electron chi connectivity index (χ4n) is 1.83. The van der Waals surface area contributed by atoms with Gasteiger partial charge in [0.15, 0.2) is 0 Å². The van der Waals surface area contributed by atoms with Crippen LogP contribution in [0.25, 0.3) is 5.69 Å². The van der Waals surface area contributed by atoms with E-state index in [9.17, 15) is 0 Å². The first-order valence-corrected chi connectivity index (χ1v) is 6.37. The van der Waals surface area contributed by atoms with Gasteiger partial charge in [0.25, 0.3) is 0 Å². The van der Waals surface area contributed by atoms with Crippen molar-refractivity contribution in [3.8, 4) is 5.69 Å². The molecule has 0 aliphatic rings. The lowest BCUT2D eigenvalue weighted by Gasteiger charge is -2.07. The van der Waals surface area contributed by atoms with Gasteiger partial charge in [-0.05, 0) is 19.1 Å². The van der Waals surface area contributed by atoms with Crippen LogP contribution in [0.4, 0.5) is 0 Å². The normalized spacial score (nSPS) is 11.8. The topological polar surface area (TPSA) is 70.1 Å². The summed E-state index contributed by atoms with van der Waals surface area (Å²) in [5, 5.41) is 23.8. The Balaban J connectivity index is 2.70. The van der Waals surface area contributed by atoms with Gasteiger partial charge in [0, 0.05) is 16.8 Å². The molecule has 7 heteroatoms. The van der Waals surface area contributed by atoms with E-state index in [-0.39, 0.29) is 10.3 Å². The molecule has 0 radical (unpaired) electrons. The van der Waals surface area contributed by atoms with Crippen molar-refractivity contribution < 1.29 is 10.4 Å². The first kappa shape index (κ1) is 14.4. The molecule has 0 fully saturated rings. The zero-order valence-corrected chi connectivity index (χ0v) is 12.0. The van der Waals surface area contributed by atoms with Crippen molar-refractivity contribution in [3.05, 3.63) is 51.3 Å². The second kappa shape index (κ2) is 5.98. The van der Waals surface area contributed by atoms with Crippen LogP contribution in [0.5, 0.6) is 0 Å². The van der Waals surface area contributed by atoms with Gasteiger partial charge < -0.3 is 10.4 Å². The summed E-state index contributed by atoms with van der Waals surface area (Å²) in [5.41, 5.74) is 2.56. The third kappa shape index (κ3) is 2.50. The van der Waals surface area contributed by atoms with E-state index in [1.165, 1.54) is 0 Å². The summed E-state index contributed by atoms with van der Waals surface area (Å²) in [4.78, 5) is 0. The average molecular weight is 312 g/mol. The summed E-state index contributed by atoms with van der Waals surface area (Å²) in [5.74, 6) is 0.